The number of alkyl halides is 3. The maximum Gasteiger partial charge on any atom is 0.433 e. The molecule has 0 spiro atoms. The number of hydrogen-bond acceptors (Lipinski definition) is 2. The molecule has 0 saturated heterocycles. The number of nitrogens with zero attached hydrogens (tertiary/aromatic N) is 1. The van der Waals surface area contributed by atoms with Crippen molar-refractivity contribution in [1.29, 1.82) is 0 Å². The van der Waals surface area contributed by atoms with E-state index in [9.17, 15) is 13.2 Å². The van der Waals surface area contributed by atoms with E-state index >= 15 is 0 Å². The van der Waals surface area contributed by atoms with Crippen LogP contribution in [0.2, 0.25) is 0 Å². The Kier molecular flexibility index (Phi) is 2.82. The molecule has 0 fully saturated rings. The smallest absolute Gasteiger partial charge is 0.329 e. The van der Waals surface area contributed by atoms with E-state index in [-0.39, 0.29) is 5.82 Å². The van der Waals surface area contributed by atoms with Crippen LogP contribution < -0.4 is 5.32 Å². The first-order valence-electron chi connectivity index (χ1n) is 3.21. The van der Waals surface area contributed by atoms with Crippen molar-refractivity contribution in [2.45, 2.75) is 6.18 Å². The van der Waals surface area contributed by atoms with Gasteiger partial charge in [0.1, 0.15) is 17.0 Å². The summed E-state index contributed by atoms with van der Waals surface area (Å²) in [6, 6.07) is 3.49. The average molecular weight is 205 g/mol. The molecule has 1 rings (SSSR count). The zero-order chi connectivity index (χ0) is 9.90. The van der Waals surface area contributed by atoms with Gasteiger partial charge >= 0.3 is 6.18 Å². The topological polar surface area (TPSA) is 24.9 Å². The molecule has 6 heteroatoms. The Bertz CT molecular complexity index is 311. The monoisotopic (exact) mass is 205 g/mol. The average Bonchev–Trinajstić information content (AvgIpc) is 2.04. The Labute approximate surface area is 77.8 Å². The van der Waals surface area contributed by atoms with Gasteiger partial charge in [0, 0.05) is 0 Å². The maximum absolute atomic E-state index is 12.1. The van der Waals surface area contributed by atoms with Gasteiger partial charge in [0.2, 0.25) is 0 Å². The first-order valence-corrected chi connectivity index (χ1v) is 3.62. The first kappa shape index (κ1) is 9.91. The summed E-state index contributed by atoms with van der Waals surface area (Å²) < 4.78 is 36.2. The molecule has 0 unspecified atom stereocenters. The quantitative estimate of drug-likeness (QED) is 0.592. The van der Waals surface area contributed by atoms with Crippen molar-refractivity contribution >= 4 is 23.5 Å². The fourth-order valence-corrected chi connectivity index (χ4v) is 0.819. The molecule has 0 atom stereocenters. The largest absolute Gasteiger partial charge is 0.433 e. The number of halogens is 3. The van der Waals surface area contributed by atoms with Crippen LogP contribution in [0.1, 0.15) is 5.69 Å². The second kappa shape index (κ2) is 3.69. The molecular formula is C7H4F3N2S. The molecule has 1 aromatic rings. The molecule has 0 saturated carbocycles. The van der Waals surface area contributed by atoms with E-state index < -0.39 is 11.9 Å². The van der Waals surface area contributed by atoms with Crippen LogP contribution in [-0.2, 0) is 6.18 Å². The van der Waals surface area contributed by atoms with Gasteiger partial charge in [0.05, 0.1) is 0 Å². The van der Waals surface area contributed by atoms with Crippen LogP contribution in [0, 0.1) is 0 Å². The Balaban J connectivity index is 2.98. The summed E-state index contributed by atoms with van der Waals surface area (Å²) in [7, 11) is 0. The van der Waals surface area contributed by atoms with Gasteiger partial charge < -0.3 is 5.32 Å². The summed E-state index contributed by atoms with van der Waals surface area (Å²) in [5, 5.41) is 2.27. The minimum atomic E-state index is -4.43. The van der Waals surface area contributed by atoms with E-state index in [0.717, 1.165) is 6.07 Å². The molecule has 1 heterocycles. The highest BCUT2D eigenvalue weighted by Crippen LogP contribution is 2.27. The number of hydrogen-bond donors (Lipinski definition) is 1. The van der Waals surface area contributed by atoms with Gasteiger partial charge in [0.15, 0.2) is 0 Å². The fraction of sp³-hybridized carbons (Fsp3) is 0.143. The van der Waals surface area contributed by atoms with Crippen molar-refractivity contribution in [3.63, 3.8) is 0 Å². The van der Waals surface area contributed by atoms with Crippen LogP contribution in [0.15, 0.2) is 18.2 Å². The lowest BCUT2D eigenvalue weighted by molar-refractivity contribution is -0.141. The second-order valence-corrected chi connectivity index (χ2v) is 2.34. The van der Waals surface area contributed by atoms with E-state index in [1.165, 1.54) is 12.1 Å². The summed E-state index contributed by atoms with van der Waals surface area (Å²) in [5.41, 5.74) is 1.11. The van der Waals surface area contributed by atoms with Gasteiger partial charge in [-0.25, -0.2) is 4.98 Å². The van der Waals surface area contributed by atoms with Crippen molar-refractivity contribution in [1.82, 2.24) is 4.98 Å². The maximum atomic E-state index is 12.1. The van der Waals surface area contributed by atoms with Crippen LogP contribution in [0.4, 0.5) is 19.0 Å². The summed E-state index contributed by atoms with van der Waals surface area (Å²) in [5.74, 6) is 0.0322. The molecule has 1 radical (unpaired) electrons. The molecule has 13 heavy (non-hydrogen) atoms. The van der Waals surface area contributed by atoms with E-state index in [2.05, 4.69) is 28.0 Å². The molecule has 69 valence electrons. The Hall–Kier alpha value is -1.17. The summed E-state index contributed by atoms with van der Waals surface area (Å²) in [6.45, 7) is 0. The van der Waals surface area contributed by atoms with Gasteiger partial charge in [-0.3, -0.25) is 0 Å². The lowest BCUT2D eigenvalue weighted by atomic mass is 10.3. The molecule has 0 amide bonds. The number of thiocarbonyl (C=S) groups is 1. The third-order valence-electron chi connectivity index (χ3n) is 1.22. The van der Waals surface area contributed by atoms with Crippen LogP contribution >= 0.6 is 12.2 Å². The number of pyridine rings is 1. The van der Waals surface area contributed by atoms with Crippen molar-refractivity contribution in [2.24, 2.45) is 0 Å². The van der Waals surface area contributed by atoms with Crippen molar-refractivity contribution < 1.29 is 13.2 Å². The number of aromatic nitrogens is 1. The Morgan fingerprint density at radius 3 is 2.62 bits per heavy atom. The lowest BCUT2D eigenvalue weighted by Crippen LogP contribution is -2.09. The first-order chi connectivity index (χ1) is 6.04. The number of rotatable bonds is 2. The number of anilines is 1. The van der Waals surface area contributed by atoms with Crippen LogP contribution in [0.5, 0.6) is 0 Å². The summed E-state index contributed by atoms with van der Waals surface area (Å²) in [6.07, 6.45) is -4.43. The standard InChI is InChI=1S/C7H4F3N2S/c8-7(9,10)5-2-1-3-6(12-5)11-4-13/h1-3H,(H,11,12,13). The van der Waals surface area contributed by atoms with Crippen LogP contribution in [0.25, 0.3) is 0 Å². The molecule has 2 nitrogen and oxygen atoms in total. The lowest BCUT2D eigenvalue weighted by Gasteiger charge is -2.06. The second-order valence-electron chi connectivity index (χ2n) is 2.13. The van der Waals surface area contributed by atoms with Gasteiger partial charge in [-0.15, -0.1) is 0 Å². The summed E-state index contributed by atoms with van der Waals surface area (Å²) in [4.78, 5) is 3.27. The Morgan fingerprint density at radius 2 is 2.08 bits per heavy atom. The van der Waals surface area contributed by atoms with Crippen LogP contribution in [-0.4, -0.2) is 10.5 Å². The molecule has 0 aliphatic carbocycles. The minimum absolute atomic E-state index is 0.0322. The molecule has 1 N–H and O–H groups in total. The zero-order valence-electron chi connectivity index (χ0n) is 6.22. The predicted molar refractivity (Wildman–Crippen MR) is 45.5 cm³/mol. The summed E-state index contributed by atoms with van der Waals surface area (Å²) >= 11 is 4.29. The third-order valence-corrected chi connectivity index (χ3v) is 1.32. The predicted octanol–water partition coefficient (Wildman–Crippen LogP) is 2.35. The van der Waals surface area contributed by atoms with Gasteiger partial charge in [-0.2, -0.15) is 13.2 Å². The van der Waals surface area contributed by atoms with Crippen LogP contribution in [0.3, 0.4) is 0 Å². The SMILES string of the molecule is FC(F)(F)c1cccc(N[C]=S)n1. The highest BCUT2D eigenvalue weighted by Gasteiger charge is 2.32. The zero-order valence-corrected chi connectivity index (χ0v) is 7.04. The van der Waals surface area contributed by atoms with Gasteiger partial charge in [-0.1, -0.05) is 18.3 Å². The minimum Gasteiger partial charge on any atom is -0.329 e. The normalized spacial score (nSPS) is 11.0. The van der Waals surface area contributed by atoms with Crippen molar-refractivity contribution in [3.8, 4) is 0 Å². The molecule has 1 aromatic heterocycles. The van der Waals surface area contributed by atoms with Gasteiger partial charge in [-0.05, 0) is 12.1 Å². The molecule has 0 bridgehead atoms. The Morgan fingerprint density at radius 1 is 1.38 bits per heavy atom. The van der Waals surface area contributed by atoms with Crippen molar-refractivity contribution in [2.75, 3.05) is 5.32 Å². The molecule has 0 aliphatic rings. The van der Waals surface area contributed by atoms with Gasteiger partial charge in [0.25, 0.3) is 0 Å². The number of nitrogens with one attached hydrogen (secondary N) is 1. The third kappa shape index (κ3) is 2.66. The highest BCUT2D eigenvalue weighted by molar-refractivity contribution is 7.79. The van der Waals surface area contributed by atoms with E-state index in [0.29, 0.717) is 0 Å². The molecular weight excluding hydrogens is 201 g/mol. The van der Waals surface area contributed by atoms with Crippen molar-refractivity contribution in [3.05, 3.63) is 23.9 Å². The van der Waals surface area contributed by atoms with E-state index in [1.807, 2.05) is 0 Å². The van der Waals surface area contributed by atoms with E-state index in [4.69, 9.17) is 0 Å². The highest BCUT2D eigenvalue weighted by atomic mass is 32.1. The molecule has 0 aliphatic heterocycles. The van der Waals surface area contributed by atoms with E-state index in [1.54, 1.807) is 0 Å². The molecule has 0 aromatic carbocycles. The fourth-order valence-electron chi connectivity index (χ4n) is 0.714.